The van der Waals surface area contributed by atoms with Crippen LogP contribution in [0.3, 0.4) is 0 Å². The molecule has 0 radical (unpaired) electrons. The summed E-state index contributed by atoms with van der Waals surface area (Å²) in [6.45, 7) is 2.27. The highest BCUT2D eigenvalue weighted by atomic mass is 35.5. The van der Waals surface area contributed by atoms with Crippen LogP contribution in [0.5, 0.6) is 5.75 Å². The fourth-order valence-electron chi connectivity index (χ4n) is 3.05. The van der Waals surface area contributed by atoms with Crippen molar-refractivity contribution >= 4 is 40.9 Å². The maximum Gasteiger partial charge on any atom is 0.266 e. The minimum atomic E-state index is -0.617. The minimum absolute atomic E-state index is 0.133. The van der Waals surface area contributed by atoms with Crippen LogP contribution in [0.2, 0.25) is 10.0 Å². The summed E-state index contributed by atoms with van der Waals surface area (Å²) in [5.74, 6) is -0.496. The summed E-state index contributed by atoms with van der Waals surface area (Å²) in [4.78, 5) is 12.5. The third-order valence-electron chi connectivity index (χ3n) is 4.58. The molecule has 1 N–H and O–H groups in total. The van der Waals surface area contributed by atoms with E-state index in [9.17, 15) is 14.4 Å². The van der Waals surface area contributed by atoms with E-state index in [0.29, 0.717) is 40.1 Å². The zero-order chi connectivity index (χ0) is 23.1. The zero-order valence-electron chi connectivity index (χ0n) is 17.2. The molecule has 0 unspecified atom stereocenters. The predicted molar refractivity (Wildman–Crippen MR) is 125 cm³/mol. The molecular formula is C25H19Cl2FN2O2. The van der Waals surface area contributed by atoms with Gasteiger partial charge < -0.3 is 10.1 Å². The first-order chi connectivity index (χ1) is 15.4. The molecule has 0 aliphatic rings. The second-order valence-electron chi connectivity index (χ2n) is 6.81. The highest BCUT2D eigenvalue weighted by molar-refractivity contribution is 6.32. The average molecular weight is 469 g/mol. The summed E-state index contributed by atoms with van der Waals surface area (Å²) in [5.41, 5.74) is 2.43. The number of benzene rings is 3. The van der Waals surface area contributed by atoms with Crippen molar-refractivity contribution in [2.75, 3.05) is 11.9 Å². The van der Waals surface area contributed by atoms with Gasteiger partial charge in [0.2, 0.25) is 0 Å². The van der Waals surface area contributed by atoms with Crippen molar-refractivity contribution in [3.8, 4) is 11.8 Å². The Balaban J connectivity index is 1.91. The number of nitrogens with zero attached hydrogens (tertiary/aromatic N) is 1. The van der Waals surface area contributed by atoms with E-state index in [1.807, 2.05) is 31.2 Å². The normalized spacial score (nSPS) is 11.0. The molecule has 0 heterocycles. The summed E-state index contributed by atoms with van der Waals surface area (Å²) >= 11 is 12.8. The number of halogens is 3. The highest BCUT2D eigenvalue weighted by Crippen LogP contribution is 2.33. The molecule has 0 bridgehead atoms. The number of amides is 1. The van der Waals surface area contributed by atoms with Crippen LogP contribution in [-0.4, -0.2) is 12.5 Å². The lowest BCUT2D eigenvalue weighted by Crippen LogP contribution is -2.13. The van der Waals surface area contributed by atoms with Gasteiger partial charge in [-0.3, -0.25) is 4.79 Å². The molecule has 32 heavy (non-hydrogen) atoms. The smallest absolute Gasteiger partial charge is 0.266 e. The molecule has 0 aliphatic heterocycles. The van der Waals surface area contributed by atoms with Crippen molar-refractivity contribution in [3.05, 3.63) is 98.8 Å². The first kappa shape index (κ1) is 23.3. The molecule has 0 atom stereocenters. The summed E-state index contributed by atoms with van der Waals surface area (Å²) in [6.07, 6.45) is 1.89. The van der Waals surface area contributed by atoms with Crippen molar-refractivity contribution < 1.29 is 13.9 Å². The van der Waals surface area contributed by atoms with Crippen LogP contribution in [0.15, 0.2) is 66.2 Å². The fourth-order valence-corrected chi connectivity index (χ4v) is 3.54. The Morgan fingerprint density at radius 1 is 1.12 bits per heavy atom. The maximum atomic E-state index is 13.1. The second-order valence-corrected chi connectivity index (χ2v) is 7.63. The molecule has 0 saturated heterocycles. The second kappa shape index (κ2) is 10.8. The van der Waals surface area contributed by atoms with Crippen molar-refractivity contribution in [2.45, 2.75) is 13.3 Å². The monoisotopic (exact) mass is 468 g/mol. The average Bonchev–Trinajstić information content (AvgIpc) is 2.77. The number of nitrogens with one attached hydrogen (secondary N) is 1. The zero-order valence-corrected chi connectivity index (χ0v) is 18.7. The fraction of sp³-hybridized carbons (Fsp3) is 0.120. The van der Waals surface area contributed by atoms with Gasteiger partial charge in [-0.25, -0.2) is 4.39 Å². The van der Waals surface area contributed by atoms with Crippen LogP contribution >= 0.6 is 23.2 Å². The van der Waals surface area contributed by atoms with Crippen molar-refractivity contribution in [1.82, 2.24) is 0 Å². The van der Waals surface area contributed by atoms with Crippen LogP contribution in [0, 0.1) is 17.1 Å². The Morgan fingerprint density at radius 3 is 2.50 bits per heavy atom. The predicted octanol–water partition coefficient (Wildman–Crippen LogP) is 6.67. The number of ether oxygens (including phenoxy) is 1. The van der Waals surface area contributed by atoms with Gasteiger partial charge in [-0.1, -0.05) is 41.4 Å². The number of hydrogen-bond acceptors (Lipinski definition) is 3. The number of carbonyl (C=O) groups is 1. The summed E-state index contributed by atoms with van der Waals surface area (Å²) in [7, 11) is 0. The molecule has 0 fully saturated rings. The SMILES string of the molecule is CCOc1cc(/C=C(\C#N)C(=O)Nc2ccc(F)cc2)cc(Cl)c1Cc1ccccc1Cl. The van der Waals surface area contributed by atoms with E-state index in [1.165, 1.54) is 30.3 Å². The quantitative estimate of drug-likeness (QED) is 0.311. The van der Waals surface area contributed by atoms with Crippen molar-refractivity contribution in [2.24, 2.45) is 0 Å². The van der Waals surface area contributed by atoms with Crippen LogP contribution in [0.1, 0.15) is 23.6 Å². The largest absolute Gasteiger partial charge is 0.494 e. The van der Waals surface area contributed by atoms with Crippen molar-refractivity contribution in [1.29, 1.82) is 5.26 Å². The van der Waals surface area contributed by atoms with Gasteiger partial charge >= 0.3 is 0 Å². The van der Waals surface area contributed by atoms with Gasteiger partial charge in [-0.15, -0.1) is 0 Å². The molecular weight excluding hydrogens is 450 g/mol. The summed E-state index contributed by atoms with van der Waals surface area (Å²) < 4.78 is 18.8. The standard InChI is InChI=1S/C25H19Cl2FN2O2/c1-2-32-24-13-16(12-23(27)21(24)14-17-5-3-4-6-22(17)26)11-18(15-29)25(31)30-20-9-7-19(28)8-10-20/h3-13H,2,14H2,1H3,(H,30,31)/b18-11+. The molecule has 3 rings (SSSR count). The molecule has 3 aromatic carbocycles. The van der Waals surface area contributed by atoms with E-state index in [2.05, 4.69) is 5.32 Å². The van der Waals surface area contributed by atoms with Crippen LogP contribution in [0.25, 0.3) is 6.08 Å². The lowest BCUT2D eigenvalue weighted by molar-refractivity contribution is -0.112. The van der Waals surface area contributed by atoms with Crippen LogP contribution in [-0.2, 0) is 11.2 Å². The number of hydrogen-bond donors (Lipinski definition) is 1. The molecule has 1 amide bonds. The van der Waals surface area contributed by atoms with E-state index in [4.69, 9.17) is 27.9 Å². The van der Waals surface area contributed by atoms with Gasteiger partial charge in [0.25, 0.3) is 5.91 Å². The van der Waals surface area contributed by atoms with Gasteiger partial charge in [0, 0.05) is 27.7 Å². The van der Waals surface area contributed by atoms with E-state index >= 15 is 0 Å². The van der Waals surface area contributed by atoms with Crippen molar-refractivity contribution in [3.63, 3.8) is 0 Å². The summed E-state index contributed by atoms with van der Waals surface area (Å²) in [5, 5.41) is 13.1. The summed E-state index contributed by atoms with van der Waals surface area (Å²) in [6, 6.07) is 18.0. The topological polar surface area (TPSA) is 62.1 Å². The minimum Gasteiger partial charge on any atom is -0.494 e. The Bertz CT molecular complexity index is 1200. The molecule has 162 valence electrons. The highest BCUT2D eigenvalue weighted by Gasteiger charge is 2.15. The molecule has 0 aromatic heterocycles. The lowest BCUT2D eigenvalue weighted by Gasteiger charge is -2.14. The molecule has 0 aliphatic carbocycles. The lowest BCUT2D eigenvalue weighted by atomic mass is 10.0. The molecule has 7 heteroatoms. The Kier molecular flexibility index (Phi) is 7.88. The third kappa shape index (κ3) is 5.88. The van der Waals surface area contributed by atoms with Gasteiger partial charge in [-0.2, -0.15) is 5.26 Å². The number of anilines is 1. The first-order valence-electron chi connectivity index (χ1n) is 9.78. The number of rotatable bonds is 7. The van der Waals surface area contributed by atoms with E-state index in [1.54, 1.807) is 18.2 Å². The van der Waals surface area contributed by atoms with Gasteiger partial charge in [0.15, 0.2) is 0 Å². The third-order valence-corrected chi connectivity index (χ3v) is 5.29. The first-order valence-corrected chi connectivity index (χ1v) is 10.5. The molecule has 3 aromatic rings. The Hall–Kier alpha value is -3.33. The van der Waals surface area contributed by atoms with Gasteiger partial charge in [0.05, 0.1) is 6.61 Å². The molecule has 0 spiro atoms. The van der Waals surface area contributed by atoms with Crippen LogP contribution < -0.4 is 10.1 Å². The van der Waals surface area contributed by atoms with E-state index < -0.39 is 11.7 Å². The molecule has 4 nitrogen and oxygen atoms in total. The molecule has 0 saturated carbocycles. The van der Waals surface area contributed by atoms with Crippen LogP contribution in [0.4, 0.5) is 10.1 Å². The van der Waals surface area contributed by atoms with E-state index in [-0.39, 0.29) is 5.57 Å². The Morgan fingerprint density at radius 2 is 1.84 bits per heavy atom. The maximum absolute atomic E-state index is 13.1. The Labute approximate surface area is 195 Å². The van der Waals surface area contributed by atoms with E-state index in [0.717, 1.165) is 11.1 Å². The van der Waals surface area contributed by atoms with Gasteiger partial charge in [0.1, 0.15) is 23.2 Å². The van der Waals surface area contributed by atoms with Gasteiger partial charge in [-0.05, 0) is 66.6 Å². The number of nitriles is 1. The number of carbonyl (C=O) groups excluding carboxylic acids is 1.